The molecule has 1 N–H and O–H groups in total. The molecule has 2 aliphatic rings. The molecular formula is C20H32N4O. The fourth-order valence-corrected chi connectivity index (χ4v) is 4.15. The fourth-order valence-electron chi connectivity index (χ4n) is 4.15. The standard InChI is InChI=1S/C20H32N4O/c1-16(2)23-12-7-19(8-13-23)24-11-3-4-18(15-24)20(25)22-14-17-5-9-21-10-6-17/h5-6,9-10,16,18-19H,3-4,7-8,11-15H2,1-2H3,(H,22,25). The Kier molecular flexibility index (Phi) is 6.43. The van der Waals surface area contributed by atoms with Crippen molar-refractivity contribution in [3.05, 3.63) is 30.1 Å². The van der Waals surface area contributed by atoms with Crippen molar-refractivity contribution in [2.75, 3.05) is 26.2 Å². The van der Waals surface area contributed by atoms with Crippen molar-refractivity contribution < 1.29 is 4.79 Å². The molecule has 2 aliphatic heterocycles. The van der Waals surface area contributed by atoms with Gasteiger partial charge in [0.2, 0.25) is 5.91 Å². The number of piperidine rings is 2. The summed E-state index contributed by atoms with van der Waals surface area (Å²) in [6, 6.07) is 5.21. The van der Waals surface area contributed by atoms with Crippen LogP contribution in [-0.4, -0.2) is 59.0 Å². The summed E-state index contributed by atoms with van der Waals surface area (Å²) in [6.45, 7) is 9.63. The molecule has 0 radical (unpaired) electrons. The molecule has 3 heterocycles. The molecule has 138 valence electrons. The van der Waals surface area contributed by atoms with Crippen LogP contribution in [0, 0.1) is 5.92 Å². The third kappa shape index (κ3) is 5.02. The van der Waals surface area contributed by atoms with Gasteiger partial charge in [0, 0.05) is 37.6 Å². The highest BCUT2D eigenvalue weighted by Gasteiger charge is 2.31. The lowest BCUT2D eigenvalue weighted by Gasteiger charge is -2.43. The van der Waals surface area contributed by atoms with E-state index in [1.807, 2.05) is 12.1 Å². The van der Waals surface area contributed by atoms with E-state index in [-0.39, 0.29) is 11.8 Å². The second kappa shape index (κ2) is 8.77. The third-order valence-corrected chi connectivity index (χ3v) is 5.79. The van der Waals surface area contributed by atoms with Crippen LogP contribution in [-0.2, 0) is 11.3 Å². The molecular weight excluding hydrogens is 312 g/mol. The molecule has 0 saturated carbocycles. The summed E-state index contributed by atoms with van der Waals surface area (Å²) in [6.07, 6.45) is 8.18. The maximum Gasteiger partial charge on any atom is 0.224 e. The van der Waals surface area contributed by atoms with Crippen LogP contribution in [0.3, 0.4) is 0 Å². The Morgan fingerprint density at radius 1 is 1.20 bits per heavy atom. The summed E-state index contributed by atoms with van der Waals surface area (Å²) in [5.41, 5.74) is 1.11. The largest absolute Gasteiger partial charge is 0.352 e. The number of nitrogens with zero attached hydrogens (tertiary/aromatic N) is 3. The maximum absolute atomic E-state index is 12.6. The molecule has 5 nitrogen and oxygen atoms in total. The molecule has 0 aromatic carbocycles. The lowest BCUT2D eigenvalue weighted by Crippen LogP contribution is -2.51. The molecule has 1 amide bonds. The molecule has 2 saturated heterocycles. The van der Waals surface area contributed by atoms with Crippen molar-refractivity contribution >= 4 is 5.91 Å². The van der Waals surface area contributed by atoms with Gasteiger partial charge in [-0.25, -0.2) is 0 Å². The first-order valence-corrected chi connectivity index (χ1v) is 9.78. The topological polar surface area (TPSA) is 48.5 Å². The summed E-state index contributed by atoms with van der Waals surface area (Å²) in [7, 11) is 0. The smallest absolute Gasteiger partial charge is 0.224 e. The molecule has 25 heavy (non-hydrogen) atoms. The number of rotatable bonds is 5. The number of likely N-dealkylation sites (tertiary alicyclic amines) is 2. The lowest BCUT2D eigenvalue weighted by atomic mass is 9.93. The average molecular weight is 345 g/mol. The molecule has 1 atom stereocenters. The Morgan fingerprint density at radius 2 is 1.92 bits per heavy atom. The summed E-state index contributed by atoms with van der Waals surface area (Å²) in [5.74, 6) is 0.347. The zero-order valence-electron chi connectivity index (χ0n) is 15.7. The first-order chi connectivity index (χ1) is 12.1. The maximum atomic E-state index is 12.6. The van der Waals surface area contributed by atoms with Gasteiger partial charge in [0.25, 0.3) is 0 Å². The van der Waals surface area contributed by atoms with E-state index in [9.17, 15) is 4.79 Å². The van der Waals surface area contributed by atoms with Crippen molar-refractivity contribution in [3.63, 3.8) is 0 Å². The van der Waals surface area contributed by atoms with Crippen molar-refractivity contribution in [3.8, 4) is 0 Å². The van der Waals surface area contributed by atoms with E-state index in [4.69, 9.17) is 0 Å². The van der Waals surface area contributed by atoms with Gasteiger partial charge in [-0.2, -0.15) is 0 Å². The van der Waals surface area contributed by atoms with Crippen molar-refractivity contribution in [1.82, 2.24) is 20.1 Å². The van der Waals surface area contributed by atoms with E-state index < -0.39 is 0 Å². The van der Waals surface area contributed by atoms with Crippen LogP contribution in [0.1, 0.15) is 45.1 Å². The van der Waals surface area contributed by atoms with Crippen LogP contribution in [0.4, 0.5) is 0 Å². The van der Waals surface area contributed by atoms with Crippen LogP contribution in [0.5, 0.6) is 0 Å². The molecule has 1 aromatic rings. The SMILES string of the molecule is CC(C)N1CCC(N2CCCC(C(=O)NCc3ccncc3)C2)CC1. The predicted octanol–water partition coefficient (Wildman–Crippen LogP) is 2.28. The Morgan fingerprint density at radius 3 is 2.60 bits per heavy atom. The monoisotopic (exact) mass is 344 g/mol. The Labute approximate surface area is 151 Å². The van der Waals surface area contributed by atoms with E-state index in [2.05, 4.69) is 33.9 Å². The number of pyridine rings is 1. The quantitative estimate of drug-likeness (QED) is 0.890. The molecule has 0 aliphatic carbocycles. The van der Waals surface area contributed by atoms with E-state index in [0.717, 1.165) is 31.5 Å². The first-order valence-electron chi connectivity index (χ1n) is 9.78. The minimum atomic E-state index is 0.138. The molecule has 2 fully saturated rings. The Balaban J connectivity index is 1.47. The second-order valence-electron chi connectivity index (χ2n) is 7.77. The zero-order valence-corrected chi connectivity index (χ0v) is 15.7. The second-order valence-corrected chi connectivity index (χ2v) is 7.77. The van der Waals surface area contributed by atoms with Crippen molar-refractivity contribution in [2.45, 2.75) is 58.2 Å². The molecule has 0 spiro atoms. The van der Waals surface area contributed by atoms with Gasteiger partial charge in [0.15, 0.2) is 0 Å². The Hall–Kier alpha value is -1.46. The molecule has 1 unspecified atom stereocenters. The third-order valence-electron chi connectivity index (χ3n) is 5.79. The van der Waals surface area contributed by atoms with Crippen molar-refractivity contribution in [2.24, 2.45) is 5.92 Å². The minimum absolute atomic E-state index is 0.138. The van der Waals surface area contributed by atoms with Gasteiger partial charge in [-0.05, 0) is 76.9 Å². The number of carbonyl (C=O) groups excluding carboxylic acids is 1. The van der Waals surface area contributed by atoms with Gasteiger partial charge < -0.3 is 10.2 Å². The number of carbonyl (C=O) groups is 1. The van der Waals surface area contributed by atoms with Gasteiger partial charge in [-0.3, -0.25) is 14.7 Å². The normalized spacial score (nSPS) is 23.7. The van der Waals surface area contributed by atoms with Gasteiger partial charge in [0.1, 0.15) is 0 Å². The van der Waals surface area contributed by atoms with E-state index in [0.29, 0.717) is 18.6 Å². The summed E-state index contributed by atoms with van der Waals surface area (Å²) in [4.78, 5) is 21.7. The number of hydrogen-bond donors (Lipinski definition) is 1. The highest BCUT2D eigenvalue weighted by molar-refractivity contribution is 5.78. The van der Waals surface area contributed by atoms with Crippen LogP contribution >= 0.6 is 0 Å². The number of aromatic nitrogens is 1. The van der Waals surface area contributed by atoms with Crippen LogP contribution in [0.2, 0.25) is 0 Å². The van der Waals surface area contributed by atoms with E-state index in [1.54, 1.807) is 12.4 Å². The molecule has 3 rings (SSSR count). The Bertz CT molecular complexity index is 540. The summed E-state index contributed by atoms with van der Waals surface area (Å²) >= 11 is 0. The predicted molar refractivity (Wildman–Crippen MR) is 100 cm³/mol. The van der Waals surface area contributed by atoms with Gasteiger partial charge in [0.05, 0.1) is 5.92 Å². The summed E-state index contributed by atoms with van der Waals surface area (Å²) in [5, 5.41) is 3.11. The van der Waals surface area contributed by atoms with Crippen LogP contribution in [0.25, 0.3) is 0 Å². The zero-order chi connectivity index (χ0) is 17.6. The number of hydrogen-bond acceptors (Lipinski definition) is 4. The molecule has 0 bridgehead atoms. The van der Waals surface area contributed by atoms with Gasteiger partial charge >= 0.3 is 0 Å². The lowest BCUT2D eigenvalue weighted by molar-refractivity contribution is -0.127. The average Bonchev–Trinajstić information content (AvgIpc) is 2.67. The van der Waals surface area contributed by atoms with Crippen LogP contribution < -0.4 is 5.32 Å². The minimum Gasteiger partial charge on any atom is -0.352 e. The van der Waals surface area contributed by atoms with Crippen LogP contribution in [0.15, 0.2) is 24.5 Å². The van der Waals surface area contributed by atoms with E-state index >= 15 is 0 Å². The molecule has 5 heteroatoms. The van der Waals surface area contributed by atoms with E-state index in [1.165, 1.54) is 25.9 Å². The van der Waals surface area contributed by atoms with Crippen molar-refractivity contribution in [1.29, 1.82) is 0 Å². The first kappa shape index (κ1) is 18.3. The number of amides is 1. The van der Waals surface area contributed by atoms with Gasteiger partial charge in [-0.1, -0.05) is 0 Å². The highest BCUT2D eigenvalue weighted by atomic mass is 16.1. The highest BCUT2D eigenvalue weighted by Crippen LogP contribution is 2.24. The fraction of sp³-hybridized carbons (Fsp3) is 0.700. The van der Waals surface area contributed by atoms with Gasteiger partial charge in [-0.15, -0.1) is 0 Å². The number of nitrogens with one attached hydrogen (secondary N) is 1. The molecule has 1 aromatic heterocycles. The summed E-state index contributed by atoms with van der Waals surface area (Å²) < 4.78 is 0.